The number of hydrogen-bond acceptors (Lipinski definition) is 6. The van der Waals surface area contributed by atoms with Gasteiger partial charge in [-0.3, -0.25) is 14.4 Å². The predicted molar refractivity (Wildman–Crippen MR) is 105 cm³/mol. The monoisotopic (exact) mass is 396 g/mol. The van der Waals surface area contributed by atoms with E-state index in [0.717, 1.165) is 6.42 Å². The summed E-state index contributed by atoms with van der Waals surface area (Å²) >= 11 is 0. The molecule has 4 rings (SSSR count). The van der Waals surface area contributed by atoms with Crippen molar-refractivity contribution in [3.05, 3.63) is 42.0 Å². The van der Waals surface area contributed by atoms with Crippen LogP contribution in [-0.4, -0.2) is 44.0 Å². The summed E-state index contributed by atoms with van der Waals surface area (Å²) in [5.74, 6) is 0.971. The highest BCUT2D eigenvalue weighted by Crippen LogP contribution is 2.34. The van der Waals surface area contributed by atoms with Crippen molar-refractivity contribution in [2.75, 3.05) is 36.6 Å². The fourth-order valence-electron chi connectivity index (χ4n) is 3.23. The molecule has 0 spiro atoms. The SMILES string of the molecule is CCCN1C(=O)COc2ccc(C(=O)COc3ccc4c(c3)NC(=O)CO4)cc21. The number of ether oxygens (including phenoxy) is 3. The normalized spacial score (nSPS) is 14.9. The van der Waals surface area contributed by atoms with Crippen LogP contribution in [-0.2, 0) is 9.59 Å². The summed E-state index contributed by atoms with van der Waals surface area (Å²) in [5, 5.41) is 2.69. The second kappa shape index (κ2) is 7.83. The molecule has 2 aliphatic heterocycles. The van der Waals surface area contributed by atoms with Gasteiger partial charge >= 0.3 is 0 Å². The summed E-state index contributed by atoms with van der Waals surface area (Å²) in [4.78, 5) is 37.8. The maximum Gasteiger partial charge on any atom is 0.265 e. The Morgan fingerprint density at radius 1 is 1.10 bits per heavy atom. The highest BCUT2D eigenvalue weighted by atomic mass is 16.5. The first-order chi connectivity index (χ1) is 14.0. The van der Waals surface area contributed by atoms with Gasteiger partial charge in [-0.25, -0.2) is 0 Å². The smallest absolute Gasteiger partial charge is 0.265 e. The van der Waals surface area contributed by atoms with Gasteiger partial charge in [0, 0.05) is 18.2 Å². The zero-order valence-corrected chi connectivity index (χ0v) is 15.9. The first kappa shape index (κ1) is 18.8. The Bertz CT molecular complexity index is 987. The van der Waals surface area contributed by atoms with E-state index in [4.69, 9.17) is 14.2 Å². The fraction of sp³-hybridized carbons (Fsp3) is 0.286. The lowest BCUT2D eigenvalue weighted by molar-refractivity contribution is -0.121. The summed E-state index contributed by atoms with van der Waals surface area (Å²) in [7, 11) is 0. The molecule has 150 valence electrons. The van der Waals surface area contributed by atoms with E-state index in [1.807, 2.05) is 6.92 Å². The molecule has 0 radical (unpaired) electrons. The molecular weight excluding hydrogens is 376 g/mol. The standard InChI is InChI=1S/C21H20N2O6/c1-2-7-23-16-8-13(3-5-19(16)29-12-21(23)26)17(24)10-27-14-4-6-18-15(9-14)22-20(25)11-28-18/h3-6,8-9H,2,7,10-12H2,1H3,(H,22,25). The number of rotatable bonds is 6. The molecule has 1 N–H and O–H groups in total. The van der Waals surface area contributed by atoms with Crippen molar-refractivity contribution in [2.24, 2.45) is 0 Å². The molecule has 8 heteroatoms. The van der Waals surface area contributed by atoms with Gasteiger partial charge in [-0.15, -0.1) is 0 Å². The molecule has 0 unspecified atom stereocenters. The van der Waals surface area contributed by atoms with Crippen molar-refractivity contribution in [3.8, 4) is 17.2 Å². The van der Waals surface area contributed by atoms with E-state index in [1.54, 1.807) is 41.3 Å². The third kappa shape index (κ3) is 3.87. The van der Waals surface area contributed by atoms with Crippen LogP contribution in [0.4, 0.5) is 11.4 Å². The number of carbonyl (C=O) groups excluding carboxylic acids is 3. The number of carbonyl (C=O) groups is 3. The van der Waals surface area contributed by atoms with E-state index in [1.165, 1.54) is 0 Å². The fourth-order valence-corrected chi connectivity index (χ4v) is 3.23. The topological polar surface area (TPSA) is 94.2 Å². The number of benzene rings is 2. The minimum atomic E-state index is -0.242. The van der Waals surface area contributed by atoms with Crippen LogP contribution < -0.4 is 24.4 Å². The molecule has 0 aromatic heterocycles. The quantitative estimate of drug-likeness (QED) is 0.754. The maximum absolute atomic E-state index is 12.6. The van der Waals surface area contributed by atoms with Gasteiger partial charge in [0.25, 0.3) is 11.8 Å². The lowest BCUT2D eigenvalue weighted by atomic mass is 10.1. The van der Waals surface area contributed by atoms with E-state index in [2.05, 4.69) is 5.32 Å². The average molecular weight is 396 g/mol. The molecular formula is C21H20N2O6. The Morgan fingerprint density at radius 3 is 2.72 bits per heavy atom. The maximum atomic E-state index is 12.6. The molecule has 0 saturated heterocycles. The number of Topliss-reactive ketones (excluding diaryl/α,β-unsaturated/α-hetero) is 1. The molecule has 0 atom stereocenters. The van der Waals surface area contributed by atoms with Crippen LogP contribution >= 0.6 is 0 Å². The third-order valence-corrected chi connectivity index (χ3v) is 4.62. The van der Waals surface area contributed by atoms with E-state index in [0.29, 0.717) is 40.7 Å². The Hall–Kier alpha value is -3.55. The highest BCUT2D eigenvalue weighted by Gasteiger charge is 2.26. The number of fused-ring (bicyclic) bond motifs is 2. The van der Waals surface area contributed by atoms with E-state index >= 15 is 0 Å². The Morgan fingerprint density at radius 2 is 1.90 bits per heavy atom. The highest BCUT2D eigenvalue weighted by molar-refractivity contribution is 6.02. The zero-order valence-electron chi connectivity index (χ0n) is 15.9. The van der Waals surface area contributed by atoms with Crippen molar-refractivity contribution in [3.63, 3.8) is 0 Å². The average Bonchev–Trinajstić information content (AvgIpc) is 2.73. The van der Waals surface area contributed by atoms with Gasteiger partial charge in [0.15, 0.2) is 25.6 Å². The van der Waals surface area contributed by atoms with Gasteiger partial charge in [-0.05, 0) is 36.8 Å². The number of anilines is 2. The number of nitrogens with one attached hydrogen (secondary N) is 1. The number of ketones is 1. The third-order valence-electron chi connectivity index (χ3n) is 4.62. The van der Waals surface area contributed by atoms with Gasteiger partial charge in [0.1, 0.15) is 17.2 Å². The summed E-state index contributed by atoms with van der Waals surface area (Å²) < 4.78 is 16.4. The summed E-state index contributed by atoms with van der Waals surface area (Å²) in [6, 6.07) is 9.98. The molecule has 0 saturated carbocycles. The molecule has 0 fully saturated rings. The lowest BCUT2D eigenvalue weighted by Gasteiger charge is -2.29. The van der Waals surface area contributed by atoms with Crippen molar-refractivity contribution < 1.29 is 28.6 Å². The van der Waals surface area contributed by atoms with Gasteiger partial charge in [0.2, 0.25) is 0 Å². The molecule has 2 aromatic rings. The molecule has 0 aliphatic carbocycles. The number of amides is 2. The van der Waals surface area contributed by atoms with Crippen LogP contribution in [0.5, 0.6) is 17.2 Å². The summed E-state index contributed by atoms with van der Waals surface area (Å²) in [6.07, 6.45) is 0.797. The molecule has 2 heterocycles. The summed E-state index contributed by atoms with van der Waals surface area (Å²) in [5.41, 5.74) is 1.53. The number of nitrogens with zero attached hydrogens (tertiary/aromatic N) is 1. The largest absolute Gasteiger partial charge is 0.485 e. The van der Waals surface area contributed by atoms with Crippen molar-refractivity contribution in [1.29, 1.82) is 0 Å². The molecule has 29 heavy (non-hydrogen) atoms. The van der Waals surface area contributed by atoms with Crippen molar-refractivity contribution in [1.82, 2.24) is 0 Å². The van der Waals surface area contributed by atoms with E-state index in [9.17, 15) is 14.4 Å². The minimum absolute atomic E-state index is 0.00197. The zero-order chi connectivity index (χ0) is 20.4. The van der Waals surface area contributed by atoms with Gasteiger partial charge in [0.05, 0.1) is 11.4 Å². The Kier molecular flexibility index (Phi) is 5.07. The Labute approximate surface area is 167 Å². The van der Waals surface area contributed by atoms with Crippen LogP contribution in [0, 0.1) is 0 Å². The predicted octanol–water partition coefficient (Wildman–Crippen LogP) is 2.41. The van der Waals surface area contributed by atoms with Crippen LogP contribution in [0.3, 0.4) is 0 Å². The molecule has 0 bridgehead atoms. The second-order valence-electron chi connectivity index (χ2n) is 6.72. The number of hydrogen-bond donors (Lipinski definition) is 1. The van der Waals surface area contributed by atoms with E-state index < -0.39 is 0 Å². The molecule has 8 nitrogen and oxygen atoms in total. The Balaban J connectivity index is 1.47. The molecule has 2 aromatic carbocycles. The summed E-state index contributed by atoms with van der Waals surface area (Å²) in [6.45, 7) is 2.34. The van der Waals surface area contributed by atoms with Crippen LogP contribution in [0.2, 0.25) is 0 Å². The van der Waals surface area contributed by atoms with Crippen molar-refractivity contribution >= 4 is 29.0 Å². The van der Waals surface area contributed by atoms with Gasteiger partial charge in [-0.2, -0.15) is 0 Å². The second-order valence-corrected chi connectivity index (χ2v) is 6.72. The van der Waals surface area contributed by atoms with Crippen LogP contribution in [0.25, 0.3) is 0 Å². The molecule has 2 amide bonds. The lowest BCUT2D eigenvalue weighted by Crippen LogP contribution is -2.39. The van der Waals surface area contributed by atoms with Crippen LogP contribution in [0.15, 0.2) is 36.4 Å². The van der Waals surface area contributed by atoms with Gasteiger partial charge < -0.3 is 24.4 Å². The van der Waals surface area contributed by atoms with Crippen molar-refractivity contribution in [2.45, 2.75) is 13.3 Å². The minimum Gasteiger partial charge on any atom is -0.485 e. The van der Waals surface area contributed by atoms with Gasteiger partial charge in [-0.1, -0.05) is 6.92 Å². The first-order valence-electron chi connectivity index (χ1n) is 9.35. The van der Waals surface area contributed by atoms with E-state index in [-0.39, 0.29) is 37.4 Å². The first-order valence-corrected chi connectivity index (χ1v) is 9.35. The molecule has 2 aliphatic rings. The van der Waals surface area contributed by atoms with Crippen LogP contribution in [0.1, 0.15) is 23.7 Å².